The van der Waals surface area contributed by atoms with E-state index in [1.807, 2.05) is 0 Å². The SMILES string of the molecule is COc1cc(C(=O)Nc2ccc(OCCN)cc2)cc(OC)c1OC.Cl. The molecular weight excluding hydrogens is 360 g/mol. The number of hydrogen-bond acceptors (Lipinski definition) is 6. The zero-order valence-electron chi connectivity index (χ0n) is 14.9. The first kappa shape index (κ1) is 21.4. The van der Waals surface area contributed by atoms with Gasteiger partial charge in [-0.2, -0.15) is 0 Å². The van der Waals surface area contributed by atoms with Crippen molar-refractivity contribution in [2.45, 2.75) is 0 Å². The number of amides is 1. The van der Waals surface area contributed by atoms with E-state index in [4.69, 9.17) is 24.7 Å². The third-order valence-corrected chi connectivity index (χ3v) is 3.43. The number of hydrogen-bond donors (Lipinski definition) is 2. The first-order valence-corrected chi connectivity index (χ1v) is 7.67. The van der Waals surface area contributed by atoms with Gasteiger partial charge in [0.1, 0.15) is 12.4 Å². The highest BCUT2D eigenvalue weighted by Crippen LogP contribution is 2.38. The molecular formula is C18H23ClN2O5. The van der Waals surface area contributed by atoms with E-state index >= 15 is 0 Å². The van der Waals surface area contributed by atoms with Crippen LogP contribution in [0.1, 0.15) is 10.4 Å². The molecule has 0 bridgehead atoms. The number of carbonyl (C=O) groups excluding carboxylic acids is 1. The van der Waals surface area contributed by atoms with E-state index in [1.165, 1.54) is 21.3 Å². The number of anilines is 1. The van der Waals surface area contributed by atoms with Gasteiger partial charge in [-0.15, -0.1) is 12.4 Å². The standard InChI is InChI=1S/C18H22N2O5.ClH/c1-22-15-10-12(11-16(23-2)17(15)24-3)18(21)20-13-4-6-14(7-5-13)25-9-8-19;/h4-7,10-11H,8-9,19H2,1-3H3,(H,20,21);1H. The Labute approximate surface area is 158 Å². The average Bonchev–Trinajstić information content (AvgIpc) is 2.66. The van der Waals surface area contributed by atoms with Gasteiger partial charge in [-0.1, -0.05) is 0 Å². The van der Waals surface area contributed by atoms with Crippen LogP contribution in [0.5, 0.6) is 23.0 Å². The zero-order valence-corrected chi connectivity index (χ0v) is 15.7. The number of halogens is 1. The van der Waals surface area contributed by atoms with Crippen LogP contribution in [0.2, 0.25) is 0 Å². The van der Waals surface area contributed by atoms with Gasteiger partial charge in [0.25, 0.3) is 5.91 Å². The molecule has 1 amide bonds. The normalized spacial score (nSPS) is 9.69. The van der Waals surface area contributed by atoms with Gasteiger partial charge in [0.2, 0.25) is 5.75 Å². The molecule has 2 aromatic rings. The molecule has 142 valence electrons. The van der Waals surface area contributed by atoms with E-state index in [0.717, 1.165) is 0 Å². The highest BCUT2D eigenvalue weighted by molar-refractivity contribution is 6.05. The Morgan fingerprint density at radius 3 is 2.04 bits per heavy atom. The monoisotopic (exact) mass is 382 g/mol. The molecule has 0 heterocycles. The molecule has 8 heteroatoms. The summed E-state index contributed by atoms with van der Waals surface area (Å²) < 4.78 is 21.2. The minimum absolute atomic E-state index is 0. The van der Waals surface area contributed by atoms with Gasteiger partial charge < -0.3 is 30.0 Å². The molecule has 2 aromatic carbocycles. The third kappa shape index (κ3) is 5.18. The quantitative estimate of drug-likeness (QED) is 0.729. The molecule has 0 atom stereocenters. The van der Waals surface area contributed by atoms with Crippen molar-refractivity contribution in [3.8, 4) is 23.0 Å². The molecule has 0 spiro atoms. The van der Waals surface area contributed by atoms with Crippen LogP contribution < -0.4 is 30.0 Å². The molecule has 2 rings (SSSR count). The number of ether oxygens (including phenoxy) is 4. The Morgan fingerprint density at radius 1 is 1.00 bits per heavy atom. The highest BCUT2D eigenvalue weighted by Gasteiger charge is 2.17. The molecule has 0 unspecified atom stereocenters. The van der Waals surface area contributed by atoms with E-state index in [-0.39, 0.29) is 18.3 Å². The van der Waals surface area contributed by atoms with Crippen LogP contribution in [-0.2, 0) is 0 Å². The fraction of sp³-hybridized carbons (Fsp3) is 0.278. The van der Waals surface area contributed by atoms with Gasteiger partial charge >= 0.3 is 0 Å². The van der Waals surface area contributed by atoms with Gasteiger partial charge in [-0.25, -0.2) is 0 Å². The second-order valence-electron chi connectivity index (χ2n) is 5.03. The molecule has 0 aliphatic heterocycles. The van der Waals surface area contributed by atoms with Crippen molar-refractivity contribution in [3.05, 3.63) is 42.0 Å². The fourth-order valence-electron chi connectivity index (χ4n) is 2.23. The first-order chi connectivity index (χ1) is 12.1. The van der Waals surface area contributed by atoms with E-state index in [2.05, 4.69) is 5.32 Å². The smallest absolute Gasteiger partial charge is 0.255 e. The number of benzene rings is 2. The summed E-state index contributed by atoms with van der Waals surface area (Å²) in [6, 6.07) is 10.2. The van der Waals surface area contributed by atoms with Crippen molar-refractivity contribution in [1.82, 2.24) is 0 Å². The van der Waals surface area contributed by atoms with Crippen LogP contribution in [0, 0.1) is 0 Å². The molecule has 0 radical (unpaired) electrons. The van der Waals surface area contributed by atoms with Crippen molar-refractivity contribution >= 4 is 24.0 Å². The Bertz CT molecular complexity index is 697. The molecule has 0 aromatic heterocycles. The van der Waals surface area contributed by atoms with Crippen molar-refractivity contribution in [2.75, 3.05) is 39.8 Å². The second kappa shape index (κ2) is 10.4. The van der Waals surface area contributed by atoms with Crippen molar-refractivity contribution in [1.29, 1.82) is 0 Å². The third-order valence-electron chi connectivity index (χ3n) is 3.43. The summed E-state index contributed by atoms with van der Waals surface area (Å²) in [4.78, 5) is 12.5. The summed E-state index contributed by atoms with van der Waals surface area (Å²) in [7, 11) is 4.51. The van der Waals surface area contributed by atoms with Crippen LogP contribution in [-0.4, -0.2) is 40.4 Å². The minimum atomic E-state index is -0.296. The van der Waals surface area contributed by atoms with Crippen molar-refractivity contribution in [2.24, 2.45) is 5.73 Å². The summed E-state index contributed by atoms with van der Waals surface area (Å²) in [5.74, 6) is 1.66. The Kier molecular flexibility index (Phi) is 8.54. The number of carbonyl (C=O) groups is 1. The molecule has 3 N–H and O–H groups in total. The number of nitrogens with two attached hydrogens (primary N) is 1. The molecule has 0 saturated heterocycles. The molecule has 7 nitrogen and oxygen atoms in total. The van der Waals surface area contributed by atoms with E-state index in [0.29, 0.717) is 47.4 Å². The molecule has 0 fully saturated rings. The number of rotatable bonds is 8. The summed E-state index contributed by atoms with van der Waals surface area (Å²) in [5.41, 5.74) is 6.42. The van der Waals surface area contributed by atoms with Crippen LogP contribution in [0.25, 0.3) is 0 Å². The Morgan fingerprint density at radius 2 is 1.58 bits per heavy atom. The fourth-order valence-corrected chi connectivity index (χ4v) is 2.23. The van der Waals surface area contributed by atoms with Gasteiger partial charge in [0, 0.05) is 17.8 Å². The highest BCUT2D eigenvalue weighted by atomic mass is 35.5. The summed E-state index contributed by atoms with van der Waals surface area (Å²) in [5, 5.41) is 2.81. The van der Waals surface area contributed by atoms with E-state index in [1.54, 1.807) is 36.4 Å². The maximum absolute atomic E-state index is 12.5. The molecule has 0 saturated carbocycles. The van der Waals surface area contributed by atoms with E-state index < -0.39 is 0 Å². The Balaban J connectivity index is 0.00000338. The number of nitrogens with one attached hydrogen (secondary N) is 1. The van der Waals surface area contributed by atoms with Crippen LogP contribution in [0.3, 0.4) is 0 Å². The molecule has 0 aliphatic carbocycles. The predicted molar refractivity (Wildman–Crippen MR) is 102 cm³/mol. The summed E-state index contributed by atoms with van der Waals surface area (Å²) in [6.07, 6.45) is 0. The lowest BCUT2D eigenvalue weighted by atomic mass is 10.1. The van der Waals surface area contributed by atoms with Crippen LogP contribution >= 0.6 is 12.4 Å². The van der Waals surface area contributed by atoms with Crippen LogP contribution in [0.15, 0.2) is 36.4 Å². The molecule has 26 heavy (non-hydrogen) atoms. The minimum Gasteiger partial charge on any atom is -0.493 e. The molecule has 0 aliphatic rings. The van der Waals surface area contributed by atoms with Crippen LogP contribution in [0.4, 0.5) is 5.69 Å². The summed E-state index contributed by atoms with van der Waals surface area (Å²) in [6.45, 7) is 0.886. The van der Waals surface area contributed by atoms with Gasteiger partial charge in [-0.05, 0) is 36.4 Å². The lowest BCUT2D eigenvalue weighted by molar-refractivity contribution is 0.102. The predicted octanol–water partition coefficient (Wildman–Crippen LogP) is 2.72. The lowest BCUT2D eigenvalue weighted by Gasteiger charge is -2.14. The Hall–Kier alpha value is -2.64. The zero-order chi connectivity index (χ0) is 18.2. The maximum Gasteiger partial charge on any atom is 0.255 e. The van der Waals surface area contributed by atoms with Crippen molar-refractivity contribution in [3.63, 3.8) is 0 Å². The topological polar surface area (TPSA) is 92.0 Å². The maximum atomic E-state index is 12.5. The lowest BCUT2D eigenvalue weighted by Crippen LogP contribution is -2.13. The average molecular weight is 383 g/mol. The largest absolute Gasteiger partial charge is 0.493 e. The van der Waals surface area contributed by atoms with Gasteiger partial charge in [0.15, 0.2) is 11.5 Å². The second-order valence-corrected chi connectivity index (χ2v) is 5.03. The summed E-state index contributed by atoms with van der Waals surface area (Å²) >= 11 is 0. The van der Waals surface area contributed by atoms with E-state index in [9.17, 15) is 4.79 Å². The van der Waals surface area contributed by atoms with Gasteiger partial charge in [0.05, 0.1) is 21.3 Å². The first-order valence-electron chi connectivity index (χ1n) is 7.67. The van der Waals surface area contributed by atoms with Crippen molar-refractivity contribution < 1.29 is 23.7 Å². The number of methoxy groups -OCH3 is 3. The van der Waals surface area contributed by atoms with Gasteiger partial charge in [-0.3, -0.25) is 4.79 Å².